The van der Waals surface area contributed by atoms with Gasteiger partial charge in [0.25, 0.3) is 0 Å². The van der Waals surface area contributed by atoms with E-state index in [2.05, 4.69) is 13.8 Å². The number of benzene rings is 1. The highest BCUT2D eigenvalue weighted by atomic mass is 16.5. The van der Waals surface area contributed by atoms with Crippen molar-refractivity contribution in [3.63, 3.8) is 0 Å². The van der Waals surface area contributed by atoms with Crippen LogP contribution in [-0.4, -0.2) is 24.9 Å². The second-order valence-electron chi connectivity index (χ2n) is 4.93. The standard InChI is InChI=1S/C14H20O3/c1-9-7-12(16-3)13(17-4)11(10(9)2)8-14(15)5-6-14/h7,15H,5-6,8H2,1-4H3. The number of aliphatic hydroxyl groups is 1. The van der Waals surface area contributed by atoms with Crippen LogP contribution in [0.4, 0.5) is 0 Å². The molecule has 0 bridgehead atoms. The van der Waals surface area contributed by atoms with E-state index in [4.69, 9.17) is 9.47 Å². The first kappa shape index (κ1) is 12.2. The molecule has 0 heterocycles. The molecule has 3 heteroatoms. The molecule has 1 aromatic carbocycles. The molecule has 1 aromatic rings. The quantitative estimate of drug-likeness (QED) is 0.872. The molecule has 1 saturated carbocycles. The van der Waals surface area contributed by atoms with Crippen molar-refractivity contribution in [2.24, 2.45) is 0 Å². The molecular weight excluding hydrogens is 216 g/mol. The van der Waals surface area contributed by atoms with Gasteiger partial charge in [0, 0.05) is 12.0 Å². The van der Waals surface area contributed by atoms with Crippen LogP contribution in [0.2, 0.25) is 0 Å². The average molecular weight is 236 g/mol. The zero-order chi connectivity index (χ0) is 12.6. The predicted octanol–water partition coefficient (Wildman–Crippen LogP) is 2.39. The first-order valence-electron chi connectivity index (χ1n) is 5.94. The molecule has 1 N–H and O–H groups in total. The van der Waals surface area contributed by atoms with Gasteiger partial charge >= 0.3 is 0 Å². The summed E-state index contributed by atoms with van der Waals surface area (Å²) in [4.78, 5) is 0. The van der Waals surface area contributed by atoms with E-state index in [1.54, 1.807) is 14.2 Å². The summed E-state index contributed by atoms with van der Waals surface area (Å²) in [6, 6.07) is 1.98. The molecule has 0 aliphatic heterocycles. The summed E-state index contributed by atoms with van der Waals surface area (Å²) in [5, 5.41) is 10.1. The predicted molar refractivity (Wildman–Crippen MR) is 66.9 cm³/mol. The Balaban J connectivity index is 2.48. The van der Waals surface area contributed by atoms with Crippen molar-refractivity contribution in [1.29, 1.82) is 0 Å². The van der Waals surface area contributed by atoms with Crippen molar-refractivity contribution < 1.29 is 14.6 Å². The molecule has 94 valence electrons. The van der Waals surface area contributed by atoms with Gasteiger partial charge in [-0.05, 0) is 43.9 Å². The van der Waals surface area contributed by atoms with Crippen molar-refractivity contribution in [2.45, 2.75) is 38.7 Å². The van der Waals surface area contributed by atoms with Crippen LogP contribution in [0.25, 0.3) is 0 Å². The molecule has 1 fully saturated rings. The molecular formula is C14H20O3. The number of hydrogen-bond acceptors (Lipinski definition) is 3. The Morgan fingerprint density at radius 2 is 1.88 bits per heavy atom. The van der Waals surface area contributed by atoms with Gasteiger partial charge in [0.1, 0.15) is 0 Å². The van der Waals surface area contributed by atoms with E-state index in [-0.39, 0.29) is 0 Å². The Kier molecular flexibility index (Phi) is 3.04. The van der Waals surface area contributed by atoms with Crippen LogP contribution in [-0.2, 0) is 6.42 Å². The summed E-state index contributed by atoms with van der Waals surface area (Å²) < 4.78 is 10.8. The number of aryl methyl sites for hydroxylation is 1. The van der Waals surface area contributed by atoms with Crippen LogP contribution >= 0.6 is 0 Å². The number of methoxy groups -OCH3 is 2. The van der Waals surface area contributed by atoms with Gasteiger partial charge in [-0.25, -0.2) is 0 Å². The molecule has 2 rings (SSSR count). The number of ether oxygens (including phenoxy) is 2. The molecule has 0 spiro atoms. The second-order valence-corrected chi connectivity index (χ2v) is 4.93. The lowest BCUT2D eigenvalue weighted by Crippen LogP contribution is -2.13. The zero-order valence-corrected chi connectivity index (χ0v) is 11.0. The summed E-state index contributed by atoms with van der Waals surface area (Å²) in [5.74, 6) is 1.51. The minimum Gasteiger partial charge on any atom is -0.493 e. The Morgan fingerprint density at radius 1 is 1.24 bits per heavy atom. The molecule has 1 aliphatic carbocycles. The van der Waals surface area contributed by atoms with Crippen LogP contribution in [0.1, 0.15) is 29.5 Å². The minimum atomic E-state index is -0.517. The third-order valence-corrected chi connectivity index (χ3v) is 3.65. The largest absolute Gasteiger partial charge is 0.493 e. The summed E-state index contributed by atoms with van der Waals surface area (Å²) in [5.41, 5.74) is 2.91. The minimum absolute atomic E-state index is 0.517. The van der Waals surface area contributed by atoms with E-state index in [9.17, 15) is 5.11 Å². The average Bonchev–Trinajstić information content (AvgIpc) is 3.02. The Hall–Kier alpha value is -1.22. The summed E-state index contributed by atoms with van der Waals surface area (Å²) in [7, 11) is 3.29. The van der Waals surface area contributed by atoms with Gasteiger partial charge < -0.3 is 14.6 Å². The third-order valence-electron chi connectivity index (χ3n) is 3.65. The van der Waals surface area contributed by atoms with Gasteiger partial charge in [-0.2, -0.15) is 0 Å². The molecule has 0 radical (unpaired) electrons. The lowest BCUT2D eigenvalue weighted by atomic mass is 9.96. The fourth-order valence-electron chi connectivity index (χ4n) is 2.17. The van der Waals surface area contributed by atoms with Crippen LogP contribution in [0.3, 0.4) is 0 Å². The van der Waals surface area contributed by atoms with Crippen molar-refractivity contribution >= 4 is 0 Å². The van der Waals surface area contributed by atoms with Gasteiger partial charge in [0.2, 0.25) is 0 Å². The van der Waals surface area contributed by atoms with Crippen molar-refractivity contribution in [3.8, 4) is 11.5 Å². The van der Waals surface area contributed by atoms with Crippen LogP contribution in [0.5, 0.6) is 11.5 Å². The van der Waals surface area contributed by atoms with E-state index < -0.39 is 5.60 Å². The highest BCUT2D eigenvalue weighted by molar-refractivity contribution is 5.54. The van der Waals surface area contributed by atoms with E-state index in [1.165, 1.54) is 11.1 Å². The number of rotatable bonds is 4. The zero-order valence-electron chi connectivity index (χ0n) is 11.0. The second kappa shape index (κ2) is 4.22. The van der Waals surface area contributed by atoms with Gasteiger partial charge in [-0.1, -0.05) is 0 Å². The lowest BCUT2D eigenvalue weighted by molar-refractivity contribution is 0.149. The van der Waals surface area contributed by atoms with Crippen LogP contribution in [0, 0.1) is 13.8 Å². The van der Waals surface area contributed by atoms with Crippen molar-refractivity contribution in [1.82, 2.24) is 0 Å². The fourth-order valence-corrected chi connectivity index (χ4v) is 2.17. The smallest absolute Gasteiger partial charge is 0.164 e. The van der Waals surface area contributed by atoms with Crippen LogP contribution in [0.15, 0.2) is 6.07 Å². The van der Waals surface area contributed by atoms with E-state index >= 15 is 0 Å². The normalized spacial score (nSPS) is 16.8. The van der Waals surface area contributed by atoms with Gasteiger partial charge in [-0.15, -0.1) is 0 Å². The van der Waals surface area contributed by atoms with Gasteiger partial charge in [0.15, 0.2) is 11.5 Å². The maximum atomic E-state index is 10.1. The molecule has 1 aliphatic rings. The molecule has 3 nitrogen and oxygen atoms in total. The summed E-state index contributed by atoms with van der Waals surface area (Å²) >= 11 is 0. The molecule has 17 heavy (non-hydrogen) atoms. The summed E-state index contributed by atoms with van der Waals surface area (Å²) in [6.45, 7) is 4.12. The van der Waals surface area contributed by atoms with Gasteiger partial charge in [0.05, 0.1) is 19.8 Å². The molecule has 0 atom stereocenters. The Labute approximate surface area is 102 Å². The molecule has 0 saturated heterocycles. The Bertz CT molecular complexity index is 434. The van der Waals surface area contributed by atoms with E-state index in [0.717, 1.165) is 29.9 Å². The molecule has 0 unspecified atom stereocenters. The topological polar surface area (TPSA) is 38.7 Å². The maximum Gasteiger partial charge on any atom is 0.164 e. The van der Waals surface area contributed by atoms with Gasteiger partial charge in [-0.3, -0.25) is 0 Å². The Morgan fingerprint density at radius 3 is 2.35 bits per heavy atom. The maximum absolute atomic E-state index is 10.1. The van der Waals surface area contributed by atoms with Crippen molar-refractivity contribution in [2.75, 3.05) is 14.2 Å². The SMILES string of the molecule is COc1cc(C)c(C)c(CC2(O)CC2)c1OC. The third kappa shape index (κ3) is 2.25. The fraction of sp³-hybridized carbons (Fsp3) is 0.571. The highest BCUT2D eigenvalue weighted by Crippen LogP contribution is 2.44. The first-order valence-corrected chi connectivity index (χ1v) is 5.94. The molecule has 0 aromatic heterocycles. The lowest BCUT2D eigenvalue weighted by Gasteiger charge is -2.19. The monoisotopic (exact) mass is 236 g/mol. The number of hydrogen-bond donors (Lipinski definition) is 1. The van der Waals surface area contributed by atoms with Crippen molar-refractivity contribution in [3.05, 3.63) is 22.8 Å². The molecule has 0 amide bonds. The highest BCUT2D eigenvalue weighted by Gasteiger charge is 2.41. The van der Waals surface area contributed by atoms with E-state index in [1.807, 2.05) is 6.07 Å². The van der Waals surface area contributed by atoms with Crippen LogP contribution < -0.4 is 9.47 Å². The van der Waals surface area contributed by atoms with E-state index in [0.29, 0.717) is 6.42 Å². The first-order chi connectivity index (χ1) is 8.00. The summed E-state index contributed by atoms with van der Waals surface area (Å²) in [6.07, 6.45) is 2.41.